The van der Waals surface area contributed by atoms with Gasteiger partial charge >= 0.3 is 0 Å². The van der Waals surface area contributed by atoms with Crippen LogP contribution in [0.2, 0.25) is 0 Å². The highest BCUT2D eigenvalue weighted by Crippen LogP contribution is 2.24. The lowest BCUT2D eigenvalue weighted by atomic mass is 9.87. The van der Waals surface area contributed by atoms with Crippen LogP contribution in [-0.2, 0) is 4.79 Å². The van der Waals surface area contributed by atoms with E-state index in [1.807, 2.05) is 39.8 Å². The summed E-state index contributed by atoms with van der Waals surface area (Å²) in [4.78, 5) is 23.8. The molecule has 0 fully saturated rings. The van der Waals surface area contributed by atoms with Crippen LogP contribution in [0.5, 0.6) is 5.75 Å². The van der Waals surface area contributed by atoms with Gasteiger partial charge < -0.3 is 21.1 Å². The van der Waals surface area contributed by atoms with Gasteiger partial charge in [-0.05, 0) is 80.4 Å². The molecule has 0 saturated heterocycles. The van der Waals surface area contributed by atoms with Crippen molar-refractivity contribution in [2.24, 2.45) is 11.1 Å². The van der Waals surface area contributed by atoms with E-state index in [1.165, 1.54) is 0 Å². The fourth-order valence-electron chi connectivity index (χ4n) is 2.83. The predicted molar refractivity (Wildman–Crippen MR) is 124 cm³/mol. The maximum atomic E-state index is 12.6. The maximum Gasteiger partial charge on any atom is 0.248 e. The summed E-state index contributed by atoms with van der Waals surface area (Å²) in [6, 6.07) is 12.6. The van der Waals surface area contributed by atoms with Crippen molar-refractivity contribution in [2.45, 2.75) is 40.5 Å². The first-order chi connectivity index (χ1) is 14.1. The van der Waals surface area contributed by atoms with Gasteiger partial charge in [0.1, 0.15) is 5.75 Å². The molecule has 0 atom stereocenters. The van der Waals surface area contributed by atoms with E-state index in [0.29, 0.717) is 24.3 Å². The van der Waals surface area contributed by atoms with Gasteiger partial charge in [-0.2, -0.15) is 0 Å². The van der Waals surface area contributed by atoms with Crippen molar-refractivity contribution in [3.8, 4) is 5.75 Å². The zero-order chi connectivity index (χ0) is 22.3. The van der Waals surface area contributed by atoms with Gasteiger partial charge in [-0.3, -0.25) is 9.59 Å². The summed E-state index contributed by atoms with van der Waals surface area (Å²) < 4.78 is 5.88. The molecule has 2 rings (SSSR count). The van der Waals surface area contributed by atoms with Crippen LogP contribution < -0.4 is 21.1 Å². The van der Waals surface area contributed by atoms with Crippen molar-refractivity contribution >= 4 is 34.8 Å². The minimum atomic E-state index is -0.605. The number of hydrogen-bond donors (Lipinski definition) is 3. The predicted octanol–water partition coefficient (Wildman–Crippen LogP) is 4.10. The first-order valence-corrected chi connectivity index (χ1v) is 10.2. The third-order valence-electron chi connectivity index (χ3n) is 4.82. The van der Waals surface area contributed by atoms with E-state index in [4.69, 9.17) is 22.7 Å². The van der Waals surface area contributed by atoms with Crippen molar-refractivity contribution in [3.05, 3.63) is 59.2 Å². The topological polar surface area (TPSA) is 93.4 Å². The highest BCUT2D eigenvalue weighted by Gasteiger charge is 2.27. The summed E-state index contributed by atoms with van der Waals surface area (Å²) in [6.07, 6.45) is 1.39. The zero-order valence-electron chi connectivity index (χ0n) is 17.9. The Morgan fingerprint density at radius 3 is 2.40 bits per heavy atom. The van der Waals surface area contributed by atoms with Gasteiger partial charge in [0.15, 0.2) is 5.11 Å². The molecule has 7 heteroatoms. The standard InChI is InChI=1S/C23H29N3O3S/c1-15-6-7-16(2)19(14-15)29-13-5-12-23(3,4)21(28)26-22(30)25-18-10-8-17(9-11-18)20(24)27/h6-11,14H,5,12-13H2,1-4H3,(H2,24,27)(H2,25,26,28,30). The number of aryl methyl sites for hydroxylation is 2. The number of rotatable bonds is 8. The van der Waals surface area contributed by atoms with Crippen molar-refractivity contribution < 1.29 is 14.3 Å². The van der Waals surface area contributed by atoms with E-state index in [-0.39, 0.29) is 11.0 Å². The van der Waals surface area contributed by atoms with E-state index >= 15 is 0 Å². The molecular weight excluding hydrogens is 398 g/mol. The number of amides is 2. The van der Waals surface area contributed by atoms with Crippen LogP contribution >= 0.6 is 12.2 Å². The molecule has 4 N–H and O–H groups in total. The van der Waals surface area contributed by atoms with Crippen molar-refractivity contribution in [1.82, 2.24) is 5.32 Å². The number of thiocarbonyl (C=S) groups is 1. The van der Waals surface area contributed by atoms with Gasteiger partial charge in [-0.1, -0.05) is 26.0 Å². The van der Waals surface area contributed by atoms with Gasteiger partial charge in [-0.15, -0.1) is 0 Å². The molecule has 0 saturated carbocycles. The molecule has 0 aliphatic rings. The highest BCUT2D eigenvalue weighted by atomic mass is 32.1. The number of anilines is 1. The minimum Gasteiger partial charge on any atom is -0.493 e. The molecule has 30 heavy (non-hydrogen) atoms. The number of primary amides is 1. The molecule has 0 spiro atoms. The van der Waals surface area contributed by atoms with Gasteiger partial charge in [0, 0.05) is 16.7 Å². The smallest absolute Gasteiger partial charge is 0.248 e. The summed E-state index contributed by atoms with van der Waals surface area (Å²) in [5, 5.41) is 5.86. The lowest BCUT2D eigenvalue weighted by Gasteiger charge is -2.24. The number of carbonyl (C=O) groups excluding carboxylic acids is 2. The summed E-state index contributed by atoms with van der Waals surface area (Å²) >= 11 is 5.23. The molecule has 0 bridgehead atoms. The van der Waals surface area contributed by atoms with Gasteiger partial charge in [-0.25, -0.2) is 0 Å². The first kappa shape index (κ1) is 23.3. The molecule has 6 nitrogen and oxygen atoms in total. The lowest BCUT2D eigenvalue weighted by molar-refractivity contribution is -0.128. The third-order valence-corrected chi connectivity index (χ3v) is 5.02. The van der Waals surface area contributed by atoms with Crippen LogP contribution in [0, 0.1) is 19.3 Å². The van der Waals surface area contributed by atoms with Crippen molar-refractivity contribution in [2.75, 3.05) is 11.9 Å². The molecule has 2 aromatic carbocycles. The Morgan fingerprint density at radius 2 is 1.77 bits per heavy atom. The monoisotopic (exact) mass is 427 g/mol. The Hall–Kier alpha value is -2.93. The number of carbonyl (C=O) groups is 2. The molecule has 0 aliphatic heterocycles. The van der Waals surface area contributed by atoms with Gasteiger partial charge in [0.05, 0.1) is 6.61 Å². The SMILES string of the molecule is Cc1ccc(C)c(OCCCC(C)(C)C(=O)NC(=S)Nc2ccc(C(N)=O)cc2)c1. The fraction of sp³-hybridized carbons (Fsp3) is 0.348. The normalized spacial score (nSPS) is 10.9. The van der Waals surface area contributed by atoms with Gasteiger partial charge in [0.2, 0.25) is 11.8 Å². The van der Waals surface area contributed by atoms with Crippen molar-refractivity contribution in [3.63, 3.8) is 0 Å². The summed E-state index contributed by atoms with van der Waals surface area (Å²) in [6.45, 7) is 8.34. The summed E-state index contributed by atoms with van der Waals surface area (Å²) in [5.74, 6) is 0.214. The number of nitrogens with one attached hydrogen (secondary N) is 2. The molecule has 0 radical (unpaired) electrons. The Kier molecular flexibility index (Phi) is 7.94. The van der Waals surface area contributed by atoms with Crippen LogP contribution in [0.3, 0.4) is 0 Å². The zero-order valence-corrected chi connectivity index (χ0v) is 18.7. The van der Waals surface area contributed by atoms with Crippen LogP contribution in [-0.4, -0.2) is 23.5 Å². The number of benzene rings is 2. The number of ether oxygens (including phenoxy) is 1. The molecule has 0 aliphatic carbocycles. The molecule has 2 amide bonds. The number of hydrogen-bond acceptors (Lipinski definition) is 4. The first-order valence-electron chi connectivity index (χ1n) is 9.81. The maximum absolute atomic E-state index is 12.6. The van der Waals surface area contributed by atoms with Crippen LogP contribution in [0.15, 0.2) is 42.5 Å². The largest absolute Gasteiger partial charge is 0.493 e. The molecule has 0 heterocycles. The average Bonchev–Trinajstić information content (AvgIpc) is 2.68. The van der Waals surface area contributed by atoms with Gasteiger partial charge in [0.25, 0.3) is 0 Å². The second-order valence-electron chi connectivity index (χ2n) is 7.95. The Morgan fingerprint density at radius 1 is 1.10 bits per heavy atom. The van der Waals surface area contributed by atoms with E-state index in [1.54, 1.807) is 24.3 Å². The lowest BCUT2D eigenvalue weighted by Crippen LogP contribution is -2.42. The second kappa shape index (κ2) is 10.2. The van der Waals surface area contributed by atoms with Crippen LogP contribution in [0.4, 0.5) is 5.69 Å². The number of nitrogens with two attached hydrogens (primary N) is 1. The van der Waals surface area contributed by atoms with E-state index in [2.05, 4.69) is 16.7 Å². The van der Waals surface area contributed by atoms with E-state index in [9.17, 15) is 9.59 Å². The molecule has 160 valence electrons. The van der Waals surface area contributed by atoms with E-state index in [0.717, 1.165) is 23.3 Å². The quantitative estimate of drug-likeness (QED) is 0.436. The summed E-state index contributed by atoms with van der Waals surface area (Å²) in [7, 11) is 0. The fourth-order valence-corrected chi connectivity index (χ4v) is 3.04. The Labute approximate surface area is 183 Å². The molecule has 0 unspecified atom stereocenters. The van der Waals surface area contributed by atoms with Crippen LogP contribution in [0.25, 0.3) is 0 Å². The second-order valence-corrected chi connectivity index (χ2v) is 8.36. The molecular formula is C23H29N3O3S. The minimum absolute atomic E-state index is 0.166. The third kappa shape index (κ3) is 6.84. The van der Waals surface area contributed by atoms with Crippen LogP contribution in [0.1, 0.15) is 48.2 Å². The summed E-state index contributed by atoms with van der Waals surface area (Å²) in [5.41, 5.74) is 7.93. The Bertz CT molecular complexity index is 924. The van der Waals surface area contributed by atoms with E-state index < -0.39 is 11.3 Å². The highest BCUT2D eigenvalue weighted by molar-refractivity contribution is 7.80. The molecule has 0 aromatic heterocycles. The average molecular weight is 428 g/mol. The van der Waals surface area contributed by atoms with Crippen molar-refractivity contribution in [1.29, 1.82) is 0 Å². The molecule has 2 aromatic rings. The Balaban J connectivity index is 1.80.